The second kappa shape index (κ2) is 3.03. The number of Topliss-reactive ketones (excluding diaryl/α,β-unsaturated/α-hetero) is 1. The van der Waals surface area contributed by atoms with Crippen LogP contribution < -0.4 is 5.73 Å². The van der Waals surface area contributed by atoms with Crippen molar-refractivity contribution in [3.05, 3.63) is 22.7 Å². The average Bonchev–Trinajstić information content (AvgIpc) is 1.99. The lowest BCUT2D eigenvalue weighted by Gasteiger charge is -2.03. The molecular formula is C8H8ClNO2. The average molecular weight is 186 g/mol. The number of phenolic OH excluding ortho intramolecular Hbond substituents is 1. The summed E-state index contributed by atoms with van der Waals surface area (Å²) < 4.78 is 0. The molecule has 64 valence electrons. The highest BCUT2D eigenvalue weighted by atomic mass is 35.5. The fourth-order valence-corrected chi connectivity index (χ4v) is 1.02. The number of aromatic hydroxyl groups is 1. The highest BCUT2D eigenvalue weighted by Gasteiger charge is 2.07. The third-order valence-corrected chi connectivity index (χ3v) is 1.83. The standard InChI is InChI=1S/C8H8ClNO2/c1-4(11)5-2-6(9)8(10)7(12)3-5/h2-3,12H,10H2,1H3. The van der Waals surface area contributed by atoms with E-state index < -0.39 is 0 Å². The quantitative estimate of drug-likeness (QED) is 0.399. The molecule has 0 radical (unpaired) electrons. The normalized spacial score (nSPS) is 9.83. The summed E-state index contributed by atoms with van der Waals surface area (Å²) in [6, 6.07) is 2.72. The molecule has 0 unspecified atom stereocenters. The Balaban J connectivity index is 3.31. The Kier molecular flexibility index (Phi) is 2.24. The van der Waals surface area contributed by atoms with E-state index in [0.29, 0.717) is 5.56 Å². The summed E-state index contributed by atoms with van der Waals surface area (Å²) in [5.41, 5.74) is 5.81. The van der Waals surface area contributed by atoms with E-state index in [0.717, 1.165) is 0 Å². The third-order valence-electron chi connectivity index (χ3n) is 1.51. The van der Waals surface area contributed by atoms with Gasteiger partial charge in [-0.15, -0.1) is 0 Å². The summed E-state index contributed by atoms with van der Waals surface area (Å²) in [7, 11) is 0. The molecule has 0 aliphatic carbocycles. The molecular weight excluding hydrogens is 178 g/mol. The van der Waals surface area contributed by atoms with Crippen LogP contribution in [0.5, 0.6) is 5.75 Å². The molecule has 3 N–H and O–H groups in total. The van der Waals surface area contributed by atoms with Crippen LogP contribution in [0.25, 0.3) is 0 Å². The zero-order chi connectivity index (χ0) is 9.30. The van der Waals surface area contributed by atoms with Crippen LogP contribution >= 0.6 is 11.6 Å². The minimum atomic E-state index is -0.160. The van der Waals surface area contributed by atoms with Gasteiger partial charge in [0.15, 0.2) is 5.78 Å². The Morgan fingerprint density at radius 2 is 2.17 bits per heavy atom. The molecule has 0 fully saturated rings. The molecule has 3 nitrogen and oxygen atoms in total. The van der Waals surface area contributed by atoms with E-state index in [1.165, 1.54) is 19.1 Å². The van der Waals surface area contributed by atoms with Crippen LogP contribution in [-0.2, 0) is 0 Å². The zero-order valence-electron chi connectivity index (χ0n) is 6.47. The van der Waals surface area contributed by atoms with Gasteiger partial charge < -0.3 is 10.8 Å². The summed E-state index contributed by atoms with van der Waals surface area (Å²) in [4.78, 5) is 10.9. The predicted molar refractivity (Wildman–Crippen MR) is 47.5 cm³/mol. The van der Waals surface area contributed by atoms with Crippen molar-refractivity contribution in [1.29, 1.82) is 0 Å². The first-order chi connectivity index (χ1) is 5.52. The van der Waals surface area contributed by atoms with Gasteiger partial charge >= 0.3 is 0 Å². The largest absolute Gasteiger partial charge is 0.506 e. The maximum Gasteiger partial charge on any atom is 0.159 e. The number of anilines is 1. The number of nitrogen functional groups attached to an aromatic ring is 1. The predicted octanol–water partition coefficient (Wildman–Crippen LogP) is 1.83. The first kappa shape index (κ1) is 8.87. The van der Waals surface area contributed by atoms with E-state index in [9.17, 15) is 4.79 Å². The number of hydrogen-bond donors (Lipinski definition) is 2. The Labute approximate surface area is 74.8 Å². The molecule has 0 spiro atoms. The first-order valence-corrected chi connectivity index (χ1v) is 3.69. The highest BCUT2D eigenvalue weighted by molar-refractivity contribution is 6.33. The number of hydrogen-bond acceptors (Lipinski definition) is 3. The van der Waals surface area contributed by atoms with Crippen molar-refractivity contribution in [2.75, 3.05) is 5.73 Å². The van der Waals surface area contributed by atoms with Crippen LogP contribution in [0.2, 0.25) is 5.02 Å². The number of halogens is 1. The van der Waals surface area contributed by atoms with Gasteiger partial charge in [-0.2, -0.15) is 0 Å². The molecule has 0 aliphatic rings. The summed E-state index contributed by atoms with van der Waals surface area (Å²) >= 11 is 5.63. The highest BCUT2D eigenvalue weighted by Crippen LogP contribution is 2.29. The van der Waals surface area contributed by atoms with Gasteiger partial charge in [-0.25, -0.2) is 0 Å². The number of rotatable bonds is 1. The molecule has 12 heavy (non-hydrogen) atoms. The number of benzene rings is 1. The molecule has 0 amide bonds. The van der Waals surface area contributed by atoms with Gasteiger partial charge in [0.25, 0.3) is 0 Å². The SMILES string of the molecule is CC(=O)c1cc(O)c(N)c(Cl)c1. The molecule has 0 aromatic heterocycles. The van der Waals surface area contributed by atoms with E-state index in [4.69, 9.17) is 22.4 Å². The molecule has 0 saturated carbocycles. The van der Waals surface area contributed by atoms with Crippen LogP contribution in [0.15, 0.2) is 12.1 Å². The summed E-state index contributed by atoms with van der Waals surface area (Å²) in [6.07, 6.45) is 0. The molecule has 1 rings (SSSR count). The van der Waals surface area contributed by atoms with Crippen LogP contribution in [0, 0.1) is 0 Å². The van der Waals surface area contributed by atoms with Crippen LogP contribution in [0.1, 0.15) is 17.3 Å². The second-order valence-corrected chi connectivity index (χ2v) is 2.85. The molecule has 0 atom stereocenters. The number of nitrogens with two attached hydrogens (primary N) is 1. The number of carbonyl (C=O) groups is 1. The van der Waals surface area contributed by atoms with Crippen molar-refractivity contribution in [3.63, 3.8) is 0 Å². The maximum absolute atomic E-state index is 10.9. The van der Waals surface area contributed by atoms with E-state index >= 15 is 0 Å². The van der Waals surface area contributed by atoms with E-state index in [2.05, 4.69) is 0 Å². The minimum absolute atomic E-state index is 0.0988. The maximum atomic E-state index is 10.9. The number of phenols is 1. The van der Waals surface area contributed by atoms with Crippen molar-refractivity contribution in [1.82, 2.24) is 0 Å². The van der Waals surface area contributed by atoms with Gasteiger partial charge in [0.05, 0.1) is 10.7 Å². The summed E-state index contributed by atoms with van der Waals surface area (Å²) in [5, 5.41) is 9.36. The van der Waals surface area contributed by atoms with Crippen LogP contribution in [0.4, 0.5) is 5.69 Å². The van der Waals surface area contributed by atoms with Crippen molar-refractivity contribution in [3.8, 4) is 5.75 Å². The topological polar surface area (TPSA) is 63.3 Å². The fraction of sp³-hybridized carbons (Fsp3) is 0.125. The van der Waals surface area contributed by atoms with Crippen molar-refractivity contribution in [2.45, 2.75) is 6.92 Å². The van der Waals surface area contributed by atoms with Crippen LogP contribution in [0.3, 0.4) is 0 Å². The van der Waals surface area contributed by atoms with Gasteiger partial charge in [-0.05, 0) is 19.1 Å². The molecule has 0 aliphatic heterocycles. The van der Waals surface area contributed by atoms with E-state index in [1.807, 2.05) is 0 Å². The smallest absolute Gasteiger partial charge is 0.159 e. The van der Waals surface area contributed by atoms with Gasteiger partial charge in [0.1, 0.15) is 5.75 Å². The van der Waals surface area contributed by atoms with Crippen molar-refractivity contribution >= 4 is 23.1 Å². The Morgan fingerprint density at radius 1 is 1.58 bits per heavy atom. The Morgan fingerprint density at radius 3 is 2.58 bits per heavy atom. The molecule has 4 heteroatoms. The van der Waals surface area contributed by atoms with Gasteiger partial charge in [0.2, 0.25) is 0 Å². The molecule has 1 aromatic carbocycles. The molecule has 0 bridgehead atoms. The monoisotopic (exact) mass is 185 g/mol. The fourth-order valence-electron chi connectivity index (χ4n) is 0.807. The van der Waals surface area contributed by atoms with Gasteiger partial charge in [-0.1, -0.05) is 11.6 Å². The molecule has 0 heterocycles. The van der Waals surface area contributed by atoms with Crippen LogP contribution in [-0.4, -0.2) is 10.9 Å². The number of ketones is 1. The molecule has 0 saturated heterocycles. The van der Waals surface area contributed by atoms with Gasteiger partial charge in [-0.3, -0.25) is 4.79 Å². The summed E-state index contributed by atoms with van der Waals surface area (Å²) in [5.74, 6) is -0.320. The molecule has 1 aromatic rings. The lowest BCUT2D eigenvalue weighted by Crippen LogP contribution is -1.94. The van der Waals surface area contributed by atoms with Crippen molar-refractivity contribution < 1.29 is 9.90 Å². The minimum Gasteiger partial charge on any atom is -0.506 e. The lowest BCUT2D eigenvalue weighted by atomic mass is 10.1. The first-order valence-electron chi connectivity index (χ1n) is 3.31. The Bertz CT molecular complexity index is 313. The van der Waals surface area contributed by atoms with Gasteiger partial charge in [0, 0.05) is 5.56 Å². The third kappa shape index (κ3) is 1.51. The zero-order valence-corrected chi connectivity index (χ0v) is 7.22. The second-order valence-electron chi connectivity index (χ2n) is 2.45. The van der Waals surface area contributed by atoms with E-state index in [1.54, 1.807) is 0 Å². The van der Waals surface area contributed by atoms with E-state index in [-0.39, 0.29) is 22.2 Å². The summed E-state index contributed by atoms with van der Waals surface area (Å²) in [6.45, 7) is 1.39. The Hall–Kier alpha value is -1.22. The lowest BCUT2D eigenvalue weighted by molar-refractivity contribution is 0.101. The number of carbonyl (C=O) groups excluding carboxylic acids is 1. The van der Waals surface area contributed by atoms with Crippen molar-refractivity contribution in [2.24, 2.45) is 0 Å².